The molecule has 0 aromatic heterocycles. The van der Waals surface area contributed by atoms with Crippen molar-refractivity contribution in [3.63, 3.8) is 0 Å². The normalized spacial score (nSPS) is 12.3. The minimum atomic E-state index is -0.833. The molecule has 2 aromatic rings. The predicted molar refractivity (Wildman–Crippen MR) is 97.4 cm³/mol. The summed E-state index contributed by atoms with van der Waals surface area (Å²) in [5, 5.41) is 5.54. The number of hydrogen-bond acceptors (Lipinski definition) is 5. The van der Waals surface area contributed by atoms with E-state index >= 15 is 0 Å². The van der Waals surface area contributed by atoms with Gasteiger partial charge in [-0.1, -0.05) is 11.6 Å². The highest BCUT2D eigenvalue weighted by Crippen LogP contribution is 2.33. The summed E-state index contributed by atoms with van der Waals surface area (Å²) in [6.07, 6.45) is 0. The quantitative estimate of drug-likeness (QED) is 0.804. The van der Waals surface area contributed by atoms with E-state index in [1.54, 1.807) is 37.3 Å². The molecule has 0 radical (unpaired) electrons. The standard InChI is InChI=1S/C18H17ClN2O5/c1-10-7-13(15(24-2)9-12(10)19)21-18(23)17(22)20-11-3-4-14-16(8-11)26-6-5-25-14/h3-4,7-9H,5-6H2,1-2H3,(H,20,22)(H,21,23). The third-order valence-corrected chi connectivity index (χ3v) is 4.14. The molecule has 0 saturated heterocycles. The molecule has 0 atom stereocenters. The van der Waals surface area contributed by atoms with Gasteiger partial charge in [0.25, 0.3) is 0 Å². The molecule has 1 aliphatic rings. The molecule has 1 aliphatic heterocycles. The van der Waals surface area contributed by atoms with E-state index in [-0.39, 0.29) is 0 Å². The average molecular weight is 377 g/mol. The van der Waals surface area contributed by atoms with Crippen molar-refractivity contribution in [2.24, 2.45) is 0 Å². The van der Waals surface area contributed by atoms with Crippen LogP contribution in [0.2, 0.25) is 5.02 Å². The lowest BCUT2D eigenvalue weighted by Gasteiger charge is -2.19. The van der Waals surface area contributed by atoms with Gasteiger partial charge in [-0.2, -0.15) is 0 Å². The molecule has 0 aliphatic carbocycles. The zero-order valence-electron chi connectivity index (χ0n) is 14.2. The Balaban J connectivity index is 1.71. The fraction of sp³-hybridized carbons (Fsp3) is 0.222. The number of ether oxygens (including phenoxy) is 3. The Kier molecular flexibility index (Phi) is 5.18. The SMILES string of the molecule is COc1cc(Cl)c(C)cc1NC(=O)C(=O)Nc1ccc2c(c1)OCCO2. The topological polar surface area (TPSA) is 85.9 Å². The second-order valence-electron chi connectivity index (χ2n) is 5.57. The van der Waals surface area contributed by atoms with E-state index in [1.807, 2.05) is 0 Å². The van der Waals surface area contributed by atoms with Gasteiger partial charge in [-0.05, 0) is 30.7 Å². The molecule has 1 heterocycles. The zero-order valence-corrected chi connectivity index (χ0v) is 15.0. The van der Waals surface area contributed by atoms with E-state index < -0.39 is 11.8 Å². The first-order valence-corrected chi connectivity index (χ1v) is 8.22. The second kappa shape index (κ2) is 7.53. The molecule has 0 fully saturated rings. The van der Waals surface area contributed by atoms with Gasteiger partial charge in [0.1, 0.15) is 19.0 Å². The van der Waals surface area contributed by atoms with E-state index in [1.165, 1.54) is 7.11 Å². The summed E-state index contributed by atoms with van der Waals surface area (Å²) in [7, 11) is 1.45. The van der Waals surface area contributed by atoms with Crippen LogP contribution in [0.3, 0.4) is 0 Å². The number of carbonyl (C=O) groups is 2. The Morgan fingerprint density at radius 3 is 2.46 bits per heavy atom. The van der Waals surface area contributed by atoms with Crippen LogP contribution in [-0.2, 0) is 9.59 Å². The molecule has 7 nitrogen and oxygen atoms in total. The molecule has 136 valence electrons. The van der Waals surface area contributed by atoms with Gasteiger partial charge in [-0.15, -0.1) is 0 Å². The Bertz CT molecular complexity index is 869. The van der Waals surface area contributed by atoms with Gasteiger partial charge in [-0.3, -0.25) is 9.59 Å². The summed E-state index contributed by atoms with van der Waals surface area (Å²) >= 11 is 6.03. The smallest absolute Gasteiger partial charge is 0.314 e. The summed E-state index contributed by atoms with van der Waals surface area (Å²) < 4.78 is 16.0. The minimum absolute atomic E-state index is 0.358. The highest BCUT2D eigenvalue weighted by molar-refractivity contribution is 6.43. The first kappa shape index (κ1) is 17.9. The maximum atomic E-state index is 12.2. The Morgan fingerprint density at radius 1 is 1.04 bits per heavy atom. The predicted octanol–water partition coefficient (Wildman–Crippen LogP) is 3.01. The fourth-order valence-electron chi connectivity index (χ4n) is 2.42. The first-order valence-electron chi connectivity index (χ1n) is 7.84. The van der Waals surface area contributed by atoms with Crippen molar-refractivity contribution in [1.29, 1.82) is 0 Å². The number of anilines is 2. The summed E-state index contributed by atoms with van der Waals surface area (Å²) in [4.78, 5) is 24.4. The van der Waals surface area contributed by atoms with E-state index in [0.29, 0.717) is 46.9 Å². The highest BCUT2D eigenvalue weighted by atomic mass is 35.5. The summed E-state index contributed by atoms with van der Waals surface area (Å²) in [6, 6.07) is 8.12. The van der Waals surface area contributed by atoms with E-state index in [2.05, 4.69) is 10.6 Å². The van der Waals surface area contributed by atoms with Gasteiger partial charge in [0.05, 0.1) is 12.8 Å². The van der Waals surface area contributed by atoms with Crippen LogP contribution in [0.5, 0.6) is 17.2 Å². The number of carbonyl (C=O) groups excluding carboxylic acids is 2. The molecule has 2 aromatic carbocycles. The first-order chi connectivity index (χ1) is 12.5. The van der Waals surface area contributed by atoms with Crippen molar-refractivity contribution in [3.05, 3.63) is 40.9 Å². The summed E-state index contributed by atoms with van der Waals surface area (Å²) in [6.45, 7) is 2.69. The number of aryl methyl sites for hydroxylation is 1. The van der Waals surface area contributed by atoms with Crippen LogP contribution >= 0.6 is 11.6 Å². The van der Waals surface area contributed by atoms with Crippen LogP contribution in [0.4, 0.5) is 11.4 Å². The lowest BCUT2D eigenvalue weighted by Crippen LogP contribution is -2.29. The Hall–Kier alpha value is -2.93. The Morgan fingerprint density at radius 2 is 1.73 bits per heavy atom. The monoisotopic (exact) mass is 376 g/mol. The van der Waals surface area contributed by atoms with Crippen molar-refractivity contribution in [1.82, 2.24) is 0 Å². The lowest BCUT2D eigenvalue weighted by atomic mass is 10.2. The molecule has 2 N–H and O–H groups in total. The fourth-order valence-corrected chi connectivity index (χ4v) is 2.57. The number of fused-ring (bicyclic) bond motifs is 1. The van der Waals surface area contributed by atoms with E-state index in [9.17, 15) is 9.59 Å². The molecule has 2 amide bonds. The minimum Gasteiger partial charge on any atom is -0.495 e. The molecule has 0 saturated carbocycles. The molecule has 3 rings (SSSR count). The molecule has 8 heteroatoms. The number of benzene rings is 2. The number of hydrogen-bond donors (Lipinski definition) is 2. The van der Waals surface area contributed by atoms with Crippen molar-refractivity contribution < 1.29 is 23.8 Å². The van der Waals surface area contributed by atoms with Crippen LogP contribution in [0, 0.1) is 6.92 Å². The number of methoxy groups -OCH3 is 1. The number of nitrogens with one attached hydrogen (secondary N) is 2. The Labute approximate surface area is 155 Å². The second-order valence-corrected chi connectivity index (χ2v) is 5.98. The maximum absolute atomic E-state index is 12.2. The summed E-state index contributed by atoms with van der Waals surface area (Å²) in [5.41, 5.74) is 1.53. The molecule has 0 spiro atoms. The molecule has 0 unspecified atom stereocenters. The maximum Gasteiger partial charge on any atom is 0.314 e. The van der Waals surface area contributed by atoms with Gasteiger partial charge < -0.3 is 24.8 Å². The largest absolute Gasteiger partial charge is 0.495 e. The van der Waals surface area contributed by atoms with Crippen LogP contribution < -0.4 is 24.8 Å². The lowest BCUT2D eigenvalue weighted by molar-refractivity contribution is -0.133. The van der Waals surface area contributed by atoms with Crippen LogP contribution in [0.25, 0.3) is 0 Å². The average Bonchev–Trinajstić information content (AvgIpc) is 2.64. The number of halogens is 1. The third kappa shape index (κ3) is 3.83. The van der Waals surface area contributed by atoms with E-state index in [4.69, 9.17) is 25.8 Å². The van der Waals surface area contributed by atoms with Gasteiger partial charge >= 0.3 is 11.8 Å². The van der Waals surface area contributed by atoms with Crippen LogP contribution in [0.1, 0.15) is 5.56 Å². The van der Waals surface area contributed by atoms with Gasteiger partial charge in [0.2, 0.25) is 0 Å². The van der Waals surface area contributed by atoms with Crippen molar-refractivity contribution in [2.45, 2.75) is 6.92 Å². The van der Waals surface area contributed by atoms with Crippen molar-refractivity contribution in [3.8, 4) is 17.2 Å². The molecular weight excluding hydrogens is 360 g/mol. The number of rotatable bonds is 3. The third-order valence-electron chi connectivity index (χ3n) is 3.74. The molecular formula is C18H17ClN2O5. The zero-order chi connectivity index (χ0) is 18.7. The highest BCUT2D eigenvalue weighted by Gasteiger charge is 2.19. The van der Waals surface area contributed by atoms with Crippen molar-refractivity contribution >= 4 is 34.8 Å². The van der Waals surface area contributed by atoms with Crippen molar-refractivity contribution in [2.75, 3.05) is 31.0 Å². The summed E-state index contributed by atoms with van der Waals surface area (Å²) in [5.74, 6) is -0.179. The molecule has 26 heavy (non-hydrogen) atoms. The van der Waals surface area contributed by atoms with Gasteiger partial charge in [0, 0.05) is 22.8 Å². The van der Waals surface area contributed by atoms with Crippen LogP contribution in [-0.4, -0.2) is 32.1 Å². The van der Waals surface area contributed by atoms with Gasteiger partial charge in [0.15, 0.2) is 11.5 Å². The molecule has 0 bridgehead atoms. The van der Waals surface area contributed by atoms with Gasteiger partial charge in [-0.25, -0.2) is 0 Å². The van der Waals surface area contributed by atoms with E-state index in [0.717, 1.165) is 5.56 Å². The van der Waals surface area contributed by atoms with Crippen LogP contribution in [0.15, 0.2) is 30.3 Å². The number of amides is 2.